The van der Waals surface area contributed by atoms with Gasteiger partial charge in [-0.3, -0.25) is 9.59 Å². The van der Waals surface area contributed by atoms with Crippen molar-refractivity contribution in [1.29, 1.82) is 0 Å². The standard InChI is InChI=1S/C23H26N4O4S2/c24-18-13-33-22(26-18)17-7-4-8-27(17)23(31)20(29)19(28)21(30)25-11-16-10-15(12-32-16)9-14-5-2-1-3-6-14/h1-3,5-6,10,12-13,17,19-20,28-29H,4,7-9,11,24H2,(H,25,30)/t17-,19-,20-/m1/s1. The summed E-state index contributed by atoms with van der Waals surface area (Å²) in [5, 5.41) is 27.8. The van der Waals surface area contributed by atoms with Gasteiger partial charge in [-0.15, -0.1) is 22.7 Å². The van der Waals surface area contributed by atoms with Crippen molar-refractivity contribution in [3.63, 3.8) is 0 Å². The molecule has 3 aromatic rings. The number of anilines is 1. The van der Waals surface area contributed by atoms with Crippen LogP contribution in [0.1, 0.15) is 39.9 Å². The number of nitrogens with one attached hydrogen (secondary N) is 1. The minimum absolute atomic E-state index is 0.209. The number of nitrogens with zero attached hydrogens (tertiary/aromatic N) is 2. The normalized spacial score (nSPS) is 17.6. The highest BCUT2D eigenvalue weighted by Gasteiger charge is 2.39. The Morgan fingerprint density at radius 2 is 1.94 bits per heavy atom. The monoisotopic (exact) mass is 486 g/mol. The van der Waals surface area contributed by atoms with Crippen molar-refractivity contribution in [1.82, 2.24) is 15.2 Å². The smallest absolute Gasteiger partial charge is 0.255 e. The van der Waals surface area contributed by atoms with Crippen molar-refractivity contribution >= 4 is 40.3 Å². The van der Waals surface area contributed by atoms with E-state index in [-0.39, 0.29) is 12.6 Å². The van der Waals surface area contributed by atoms with E-state index in [2.05, 4.69) is 22.4 Å². The summed E-state index contributed by atoms with van der Waals surface area (Å²) in [6.07, 6.45) is -1.47. The molecule has 1 aromatic carbocycles. The van der Waals surface area contributed by atoms with Crippen LogP contribution in [0.3, 0.4) is 0 Å². The molecule has 0 bridgehead atoms. The van der Waals surface area contributed by atoms with Crippen LogP contribution in [0.5, 0.6) is 0 Å². The molecule has 0 saturated carbocycles. The van der Waals surface area contributed by atoms with E-state index in [1.54, 1.807) is 5.38 Å². The van der Waals surface area contributed by atoms with Crippen LogP contribution in [0.4, 0.5) is 5.82 Å². The molecule has 33 heavy (non-hydrogen) atoms. The lowest BCUT2D eigenvalue weighted by Gasteiger charge is -2.27. The Bertz CT molecular complexity index is 1100. The molecule has 10 heteroatoms. The highest BCUT2D eigenvalue weighted by Crippen LogP contribution is 2.34. The molecule has 0 aliphatic carbocycles. The minimum Gasteiger partial charge on any atom is -0.383 e. The first kappa shape index (κ1) is 23.4. The summed E-state index contributed by atoms with van der Waals surface area (Å²) in [4.78, 5) is 31.9. The largest absolute Gasteiger partial charge is 0.383 e. The van der Waals surface area contributed by atoms with Crippen molar-refractivity contribution in [2.75, 3.05) is 12.3 Å². The molecule has 8 nitrogen and oxygen atoms in total. The predicted molar refractivity (Wildman–Crippen MR) is 128 cm³/mol. The first-order valence-corrected chi connectivity index (χ1v) is 12.4. The number of likely N-dealkylation sites (tertiary alicyclic amines) is 1. The minimum atomic E-state index is -1.86. The van der Waals surface area contributed by atoms with E-state index < -0.39 is 24.0 Å². The fourth-order valence-electron chi connectivity index (χ4n) is 3.91. The van der Waals surface area contributed by atoms with Crippen molar-refractivity contribution < 1.29 is 19.8 Å². The van der Waals surface area contributed by atoms with E-state index in [4.69, 9.17) is 5.73 Å². The number of hydrogen-bond acceptors (Lipinski definition) is 8. The lowest BCUT2D eigenvalue weighted by Crippen LogP contribution is -2.50. The molecule has 5 N–H and O–H groups in total. The molecule has 3 atom stereocenters. The molecule has 0 spiro atoms. The third-order valence-electron chi connectivity index (χ3n) is 5.58. The van der Waals surface area contributed by atoms with Gasteiger partial charge in [-0.25, -0.2) is 4.98 Å². The number of thiophene rings is 1. The zero-order chi connectivity index (χ0) is 23.4. The number of rotatable bonds is 8. The summed E-state index contributed by atoms with van der Waals surface area (Å²) in [5.74, 6) is -1.09. The summed E-state index contributed by atoms with van der Waals surface area (Å²) in [6, 6.07) is 11.8. The van der Waals surface area contributed by atoms with E-state index in [0.29, 0.717) is 23.8 Å². The second kappa shape index (κ2) is 10.4. The number of aliphatic hydroxyl groups excluding tert-OH is 2. The number of aliphatic hydroxyl groups is 2. The van der Waals surface area contributed by atoms with Crippen molar-refractivity contribution in [3.8, 4) is 0 Å². The van der Waals surface area contributed by atoms with Gasteiger partial charge < -0.3 is 26.2 Å². The number of carbonyl (C=O) groups excluding carboxylic acids is 2. The molecular formula is C23H26N4O4S2. The Morgan fingerprint density at radius 1 is 1.15 bits per heavy atom. The number of aromatic nitrogens is 1. The van der Waals surface area contributed by atoms with Crippen LogP contribution in [-0.4, -0.2) is 50.7 Å². The zero-order valence-electron chi connectivity index (χ0n) is 17.9. The molecule has 0 radical (unpaired) electrons. The van der Waals surface area contributed by atoms with E-state index in [1.165, 1.54) is 33.1 Å². The Kier molecular flexibility index (Phi) is 7.39. The highest BCUT2D eigenvalue weighted by atomic mass is 32.1. The molecule has 2 aromatic heterocycles. The topological polar surface area (TPSA) is 129 Å². The fourth-order valence-corrected chi connectivity index (χ4v) is 5.59. The molecule has 1 saturated heterocycles. The molecular weight excluding hydrogens is 460 g/mol. The SMILES string of the molecule is Nc1csc([C@H]2CCCN2C(=O)[C@H](O)[C@@H](O)C(=O)NCc2cc(Cc3ccccc3)cs2)n1. The van der Waals surface area contributed by atoms with Gasteiger partial charge in [0.05, 0.1) is 12.6 Å². The van der Waals surface area contributed by atoms with Crippen molar-refractivity contribution in [2.24, 2.45) is 0 Å². The number of thiazole rings is 1. The second-order valence-corrected chi connectivity index (χ2v) is 9.88. The average Bonchev–Trinajstić information content (AvgIpc) is 3.57. The Balaban J connectivity index is 1.31. The van der Waals surface area contributed by atoms with Crippen LogP contribution in [0.2, 0.25) is 0 Å². The molecule has 1 fully saturated rings. The Labute approximate surface area is 199 Å². The summed E-state index contributed by atoms with van der Waals surface area (Å²) in [7, 11) is 0. The van der Waals surface area contributed by atoms with Crippen LogP contribution in [0.15, 0.2) is 47.2 Å². The van der Waals surface area contributed by atoms with E-state index in [9.17, 15) is 19.8 Å². The van der Waals surface area contributed by atoms with Gasteiger partial charge in [-0.05, 0) is 41.8 Å². The maximum atomic E-state index is 12.8. The molecule has 4 rings (SSSR count). The first-order valence-electron chi connectivity index (χ1n) is 10.7. The van der Waals surface area contributed by atoms with Gasteiger partial charge in [-0.1, -0.05) is 30.3 Å². The fraction of sp³-hybridized carbons (Fsp3) is 0.348. The molecule has 0 unspecified atom stereocenters. The lowest BCUT2D eigenvalue weighted by atomic mass is 10.1. The van der Waals surface area contributed by atoms with E-state index >= 15 is 0 Å². The van der Waals surface area contributed by atoms with E-state index in [0.717, 1.165) is 23.3 Å². The Hall–Kier alpha value is -2.79. The molecule has 2 amide bonds. The van der Waals surface area contributed by atoms with Gasteiger partial charge >= 0.3 is 0 Å². The van der Waals surface area contributed by atoms with Crippen LogP contribution in [0.25, 0.3) is 0 Å². The summed E-state index contributed by atoms with van der Waals surface area (Å²) < 4.78 is 0. The molecule has 3 heterocycles. The van der Waals surface area contributed by atoms with Crippen LogP contribution in [0, 0.1) is 0 Å². The number of nitrogen functional groups attached to an aromatic ring is 1. The summed E-state index contributed by atoms with van der Waals surface area (Å²) >= 11 is 2.86. The predicted octanol–water partition coefficient (Wildman–Crippen LogP) is 2.08. The Morgan fingerprint density at radius 3 is 2.67 bits per heavy atom. The van der Waals surface area contributed by atoms with Gasteiger partial charge in [-0.2, -0.15) is 0 Å². The van der Waals surface area contributed by atoms with Gasteiger partial charge in [0, 0.05) is 16.8 Å². The summed E-state index contributed by atoms with van der Waals surface area (Å²) in [6.45, 7) is 0.634. The first-order chi connectivity index (χ1) is 15.9. The number of nitrogens with two attached hydrogens (primary N) is 1. The van der Waals surface area contributed by atoms with Crippen LogP contribution in [-0.2, 0) is 22.6 Å². The van der Waals surface area contributed by atoms with Crippen LogP contribution >= 0.6 is 22.7 Å². The third kappa shape index (κ3) is 5.59. The molecule has 1 aliphatic rings. The quantitative estimate of drug-likeness (QED) is 0.386. The number of benzene rings is 1. The summed E-state index contributed by atoms with van der Waals surface area (Å²) in [5.41, 5.74) is 8.02. The molecule has 1 aliphatic heterocycles. The van der Waals surface area contributed by atoms with Gasteiger partial charge in [0.2, 0.25) is 0 Å². The maximum Gasteiger partial charge on any atom is 0.255 e. The third-order valence-corrected chi connectivity index (χ3v) is 7.53. The van der Waals surface area contributed by atoms with Gasteiger partial charge in [0.1, 0.15) is 10.8 Å². The zero-order valence-corrected chi connectivity index (χ0v) is 19.5. The highest BCUT2D eigenvalue weighted by molar-refractivity contribution is 7.10. The average molecular weight is 487 g/mol. The van der Waals surface area contributed by atoms with E-state index in [1.807, 2.05) is 29.6 Å². The van der Waals surface area contributed by atoms with Crippen molar-refractivity contribution in [3.05, 3.63) is 68.2 Å². The lowest BCUT2D eigenvalue weighted by molar-refractivity contribution is -0.153. The maximum absolute atomic E-state index is 12.8. The number of hydrogen-bond donors (Lipinski definition) is 4. The van der Waals surface area contributed by atoms with Crippen molar-refractivity contribution in [2.45, 2.75) is 44.1 Å². The second-order valence-electron chi connectivity index (χ2n) is 7.99. The molecule has 174 valence electrons. The van der Waals surface area contributed by atoms with Gasteiger partial charge in [0.15, 0.2) is 12.2 Å². The van der Waals surface area contributed by atoms with Gasteiger partial charge in [0.25, 0.3) is 11.8 Å². The van der Waals surface area contributed by atoms with Crippen LogP contribution < -0.4 is 11.1 Å². The number of amides is 2. The number of carbonyl (C=O) groups is 2.